The van der Waals surface area contributed by atoms with Gasteiger partial charge >= 0.3 is 0 Å². The molecule has 0 saturated heterocycles. The fourth-order valence-electron chi connectivity index (χ4n) is 1.27. The number of aromatic nitrogens is 2. The Hall–Kier alpha value is -1.94. The minimum absolute atomic E-state index is 0.0323. The van der Waals surface area contributed by atoms with Gasteiger partial charge in [-0.2, -0.15) is 5.10 Å². The SMILES string of the molecule is Cc1cnnc(Oc2ccc(CO)cc2)c1. The van der Waals surface area contributed by atoms with Crippen molar-refractivity contribution in [3.8, 4) is 11.6 Å². The summed E-state index contributed by atoms with van der Waals surface area (Å²) in [6.07, 6.45) is 1.67. The van der Waals surface area contributed by atoms with Crippen LogP contribution in [0, 0.1) is 6.92 Å². The molecule has 1 N–H and O–H groups in total. The summed E-state index contributed by atoms with van der Waals surface area (Å²) in [6.45, 7) is 1.96. The second-order valence-electron chi connectivity index (χ2n) is 3.48. The number of aliphatic hydroxyl groups is 1. The zero-order chi connectivity index (χ0) is 11.4. The van der Waals surface area contributed by atoms with Crippen molar-refractivity contribution in [2.45, 2.75) is 13.5 Å². The molecule has 0 aliphatic heterocycles. The molecule has 16 heavy (non-hydrogen) atoms. The molecule has 0 atom stereocenters. The van der Waals surface area contributed by atoms with Crippen LogP contribution in [0.1, 0.15) is 11.1 Å². The van der Waals surface area contributed by atoms with E-state index in [2.05, 4.69) is 10.2 Å². The van der Waals surface area contributed by atoms with E-state index in [1.807, 2.05) is 13.0 Å². The Morgan fingerprint density at radius 2 is 2.00 bits per heavy atom. The van der Waals surface area contributed by atoms with E-state index in [1.54, 1.807) is 30.5 Å². The van der Waals surface area contributed by atoms with Crippen molar-refractivity contribution in [3.05, 3.63) is 47.7 Å². The summed E-state index contributed by atoms with van der Waals surface area (Å²) < 4.78 is 5.50. The average Bonchev–Trinajstić information content (AvgIpc) is 2.30. The maximum atomic E-state index is 8.89. The molecular weight excluding hydrogens is 204 g/mol. The van der Waals surface area contributed by atoms with Crippen LogP contribution < -0.4 is 4.74 Å². The highest BCUT2D eigenvalue weighted by molar-refractivity contribution is 5.30. The van der Waals surface area contributed by atoms with Gasteiger partial charge in [0.1, 0.15) is 5.75 Å². The van der Waals surface area contributed by atoms with Gasteiger partial charge in [0.15, 0.2) is 0 Å². The number of nitrogens with zero attached hydrogens (tertiary/aromatic N) is 2. The van der Waals surface area contributed by atoms with E-state index >= 15 is 0 Å². The Morgan fingerprint density at radius 3 is 2.62 bits per heavy atom. The molecular formula is C12H12N2O2. The molecule has 0 aliphatic carbocycles. The third-order valence-electron chi connectivity index (χ3n) is 2.10. The summed E-state index contributed by atoms with van der Waals surface area (Å²) in [5.74, 6) is 1.15. The lowest BCUT2D eigenvalue weighted by Gasteiger charge is -2.04. The molecule has 0 spiro atoms. The van der Waals surface area contributed by atoms with Gasteiger partial charge in [0.2, 0.25) is 5.88 Å². The van der Waals surface area contributed by atoms with Crippen molar-refractivity contribution >= 4 is 0 Å². The zero-order valence-corrected chi connectivity index (χ0v) is 8.92. The highest BCUT2D eigenvalue weighted by Gasteiger charge is 1.99. The standard InChI is InChI=1S/C12H12N2O2/c1-9-6-12(14-13-7-9)16-11-4-2-10(8-15)3-5-11/h2-7,15H,8H2,1H3. The lowest BCUT2D eigenvalue weighted by Crippen LogP contribution is -1.91. The smallest absolute Gasteiger partial charge is 0.239 e. The number of aliphatic hydroxyl groups excluding tert-OH is 1. The predicted octanol–water partition coefficient (Wildman–Crippen LogP) is 2.07. The van der Waals surface area contributed by atoms with E-state index in [9.17, 15) is 0 Å². The molecule has 0 radical (unpaired) electrons. The first-order valence-electron chi connectivity index (χ1n) is 4.95. The molecule has 0 bridgehead atoms. The molecule has 4 nitrogen and oxygen atoms in total. The van der Waals surface area contributed by atoms with Gasteiger partial charge in [0.05, 0.1) is 12.8 Å². The van der Waals surface area contributed by atoms with Crippen LogP contribution in [0.2, 0.25) is 0 Å². The molecule has 4 heteroatoms. The van der Waals surface area contributed by atoms with Crippen LogP contribution in [-0.4, -0.2) is 15.3 Å². The number of ether oxygens (including phenoxy) is 1. The fraction of sp³-hybridized carbons (Fsp3) is 0.167. The van der Waals surface area contributed by atoms with Gasteiger partial charge < -0.3 is 9.84 Å². The van der Waals surface area contributed by atoms with Crippen LogP contribution >= 0.6 is 0 Å². The van der Waals surface area contributed by atoms with Crippen LogP contribution in [0.15, 0.2) is 36.5 Å². The molecule has 1 heterocycles. The van der Waals surface area contributed by atoms with Crippen molar-refractivity contribution in [1.29, 1.82) is 0 Å². The number of hydrogen-bond acceptors (Lipinski definition) is 4. The Bertz CT molecular complexity index is 469. The fourth-order valence-corrected chi connectivity index (χ4v) is 1.27. The lowest BCUT2D eigenvalue weighted by molar-refractivity contribution is 0.281. The van der Waals surface area contributed by atoms with E-state index in [4.69, 9.17) is 9.84 Å². The van der Waals surface area contributed by atoms with E-state index in [0.717, 1.165) is 11.1 Å². The van der Waals surface area contributed by atoms with Crippen molar-refractivity contribution in [2.75, 3.05) is 0 Å². The molecule has 0 fully saturated rings. The van der Waals surface area contributed by atoms with Gasteiger partial charge in [0, 0.05) is 6.07 Å². The van der Waals surface area contributed by atoms with Crippen molar-refractivity contribution < 1.29 is 9.84 Å². The minimum Gasteiger partial charge on any atom is -0.438 e. The summed E-state index contributed by atoms with van der Waals surface area (Å²) in [5, 5.41) is 16.5. The highest BCUT2D eigenvalue weighted by atomic mass is 16.5. The quantitative estimate of drug-likeness (QED) is 0.853. The Balaban J connectivity index is 2.14. The summed E-state index contributed by atoms with van der Waals surface area (Å²) in [6, 6.07) is 9.00. The molecule has 2 rings (SSSR count). The molecule has 0 aliphatic rings. The summed E-state index contributed by atoms with van der Waals surface area (Å²) in [5.41, 5.74) is 1.85. The summed E-state index contributed by atoms with van der Waals surface area (Å²) >= 11 is 0. The zero-order valence-electron chi connectivity index (χ0n) is 8.92. The van der Waals surface area contributed by atoms with Gasteiger partial charge in [-0.3, -0.25) is 0 Å². The molecule has 2 aromatic rings. The number of hydrogen-bond donors (Lipinski definition) is 1. The molecule has 1 aromatic heterocycles. The van der Waals surface area contributed by atoms with Gasteiger partial charge in [-0.1, -0.05) is 12.1 Å². The molecule has 0 unspecified atom stereocenters. The molecule has 1 aromatic carbocycles. The van der Waals surface area contributed by atoms with Gasteiger partial charge in [-0.15, -0.1) is 5.10 Å². The minimum atomic E-state index is 0.0323. The van der Waals surface area contributed by atoms with E-state index in [1.165, 1.54) is 0 Å². The Morgan fingerprint density at radius 1 is 1.25 bits per heavy atom. The predicted molar refractivity (Wildman–Crippen MR) is 59.2 cm³/mol. The first kappa shape index (κ1) is 10.6. The Labute approximate surface area is 93.5 Å². The van der Waals surface area contributed by atoms with Crippen molar-refractivity contribution in [1.82, 2.24) is 10.2 Å². The maximum absolute atomic E-state index is 8.89. The third kappa shape index (κ3) is 2.55. The molecule has 0 amide bonds. The van der Waals surface area contributed by atoms with Crippen LogP contribution in [0.3, 0.4) is 0 Å². The lowest BCUT2D eigenvalue weighted by atomic mass is 10.2. The van der Waals surface area contributed by atoms with Crippen LogP contribution in [-0.2, 0) is 6.61 Å². The average molecular weight is 216 g/mol. The normalized spacial score (nSPS) is 10.1. The van der Waals surface area contributed by atoms with Gasteiger partial charge in [0.25, 0.3) is 0 Å². The van der Waals surface area contributed by atoms with Crippen LogP contribution in [0.25, 0.3) is 0 Å². The molecule has 82 valence electrons. The van der Waals surface area contributed by atoms with E-state index in [0.29, 0.717) is 11.6 Å². The first-order valence-corrected chi connectivity index (χ1v) is 4.95. The van der Waals surface area contributed by atoms with Gasteiger partial charge in [-0.25, -0.2) is 0 Å². The maximum Gasteiger partial charge on any atom is 0.239 e. The number of rotatable bonds is 3. The number of benzene rings is 1. The highest BCUT2D eigenvalue weighted by Crippen LogP contribution is 2.19. The largest absolute Gasteiger partial charge is 0.438 e. The van der Waals surface area contributed by atoms with Gasteiger partial charge in [-0.05, 0) is 30.2 Å². The summed E-state index contributed by atoms with van der Waals surface area (Å²) in [7, 11) is 0. The van der Waals surface area contributed by atoms with Crippen LogP contribution in [0.5, 0.6) is 11.6 Å². The first-order chi connectivity index (χ1) is 7.78. The van der Waals surface area contributed by atoms with E-state index < -0.39 is 0 Å². The van der Waals surface area contributed by atoms with Crippen LogP contribution in [0.4, 0.5) is 0 Å². The monoisotopic (exact) mass is 216 g/mol. The van der Waals surface area contributed by atoms with Crippen molar-refractivity contribution in [2.24, 2.45) is 0 Å². The van der Waals surface area contributed by atoms with E-state index in [-0.39, 0.29) is 6.61 Å². The second-order valence-corrected chi connectivity index (χ2v) is 3.48. The number of aryl methyl sites for hydroxylation is 1. The third-order valence-corrected chi connectivity index (χ3v) is 2.10. The van der Waals surface area contributed by atoms with Crippen molar-refractivity contribution in [3.63, 3.8) is 0 Å². The summed E-state index contributed by atoms with van der Waals surface area (Å²) in [4.78, 5) is 0. The second kappa shape index (κ2) is 4.72. The molecule has 0 saturated carbocycles. The Kier molecular flexibility index (Phi) is 3.12. The topological polar surface area (TPSA) is 55.2 Å².